The zero-order valence-electron chi connectivity index (χ0n) is 22.8. The van der Waals surface area contributed by atoms with Crippen LogP contribution in [0.3, 0.4) is 0 Å². The van der Waals surface area contributed by atoms with E-state index in [0.29, 0.717) is 38.2 Å². The number of likely N-dealkylation sites (tertiary alicyclic amines) is 1. The molecule has 2 aliphatic rings. The lowest BCUT2D eigenvalue weighted by molar-refractivity contribution is -0.135. The summed E-state index contributed by atoms with van der Waals surface area (Å²) in [4.78, 5) is 37.8. The van der Waals surface area contributed by atoms with E-state index in [1.54, 1.807) is 36.5 Å². The van der Waals surface area contributed by atoms with Crippen LogP contribution in [0.15, 0.2) is 73.1 Å². The Hall–Kier alpha value is -3.75. The minimum absolute atomic E-state index is 0.00768. The molecule has 2 unspecified atom stereocenters. The summed E-state index contributed by atoms with van der Waals surface area (Å²) in [6.45, 7) is 6.87. The maximum atomic E-state index is 13.8. The number of amides is 2. The molecular formula is C31H37N5O3. The SMILES string of the molecule is COc1cccc(CN(Cc2ccccc2C)C2CC(C(=O)N3CCNCC3)N(C(=O)c3cccnc3)C2)c1. The van der Waals surface area contributed by atoms with E-state index in [4.69, 9.17) is 4.74 Å². The van der Waals surface area contributed by atoms with E-state index in [1.165, 1.54) is 11.1 Å². The molecule has 8 heteroatoms. The van der Waals surface area contributed by atoms with Crippen LogP contribution in [0.1, 0.15) is 33.5 Å². The van der Waals surface area contributed by atoms with E-state index in [9.17, 15) is 9.59 Å². The van der Waals surface area contributed by atoms with Crippen LogP contribution < -0.4 is 10.1 Å². The van der Waals surface area contributed by atoms with Crippen LogP contribution >= 0.6 is 0 Å². The number of benzene rings is 2. The number of carbonyl (C=O) groups excluding carboxylic acids is 2. The molecule has 204 valence electrons. The molecule has 1 N–H and O–H groups in total. The summed E-state index contributed by atoms with van der Waals surface area (Å²) in [5.74, 6) is 0.708. The van der Waals surface area contributed by atoms with Crippen molar-refractivity contribution in [3.63, 3.8) is 0 Å². The first kappa shape index (κ1) is 26.8. The van der Waals surface area contributed by atoms with Crippen molar-refractivity contribution in [2.45, 2.75) is 38.5 Å². The normalized spacial score (nSPS) is 19.4. The maximum Gasteiger partial charge on any atom is 0.256 e. The van der Waals surface area contributed by atoms with Gasteiger partial charge in [0.25, 0.3) is 5.91 Å². The van der Waals surface area contributed by atoms with E-state index in [1.807, 2.05) is 17.0 Å². The first-order chi connectivity index (χ1) is 19.0. The van der Waals surface area contributed by atoms with Crippen LogP contribution in [-0.4, -0.2) is 83.4 Å². The molecule has 39 heavy (non-hydrogen) atoms. The average Bonchev–Trinajstić information content (AvgIpc) is 3.43. The fourth-order valence-corrected chi connectivity index (χ4v) is 5.61. The number of hydrogen-bond acceptors (Lipinski definition) is 6. The lowest BCUT2D eigenvalue weighted by atomic mass is 10.0. The van der Waals surface area contributed by atoms with Crippen LogP contribution in [0.4, 0.5) is 0 Å². The molecule has 3 heterocycles. The highest BCUT2D eigenvalue weighted by molar-refractivity contribution is 5.97. The smallest absolute Gasteiger partial charge is 0.256 e. The Bertz CT molecular complexity index is 1280. The number of carbonyl (C=O) groups is 2. The van der Waals surface area contributed by atoms with Gasteiger partial charge in [0.05, 0.1) is 12.7 Å². The lowest BCUT2D eigenvalue weighted by Gasteiger charge is -2.32. The second kappa shape index (κ2) is 12.4. The minimum Gasteiger partial charge on any atom is -0.497 e. The Morgan fingerprint density at radius 1 is 1.05 bits per heavy atom. The molecule has 2 aliphatic heterocycles. The second-order valence-corrected chi connectivity index (χ2v) is 10.4. The number of ether oxygens (including phenoxy) is 1. The predicted molar refractivity (Wildman–Crippen MR) is 150 cm³/mol. The molecule has 2 atom stereocenters. The number of pyridine rings is 1. The van der Waals surface area contributed by atoms with Crippen molar-refractivity contribution in [3.8, 4) is 5.75 Å². The van der Waals surface area contributed by atoms with Crippen molar-refractivity contribution in [1.29, 1.82) is 0 Å². The molecule has 2 fully saturated rings. The summed E-state index contributed by atoms with van der Waals surface area (Å²) in [5, 5.41) is 3.32. The van der Waals surface area contributed by atoms with Crippen LogP contribution in [0.5, 0.6) is 5.75 Å². The Kier molecular flexibility index (Phi) is 8.54. The summed E-state index contributed by atoms with van der Waals surface area (Å²) in [6.07, 6.45) is 3.83. The third-order valence-corrected chi connectivity index (χ3v) is 7.83. The lowest BCUT2D eigenvalue weighted by Crippen LogP contribution is -2.53. The summed E-state index contributed by atoms with van der Waals surface area (Å²) in [7, 11) is 1.68. The Morgan fingerprint density at radius 3 is 2.62 bits per heavy atom. The van der Waals surface area contributed by atoms with E-state index in [-0.39, 0.29) is 17.9 Å². The van der Waals surface area contributed by atoms with Crippen LogP contribution in [0.25, 0.3) is 0 Å². The molecular weight excluding hydrogens is 490 g/mol. The third-order valence-electron chi connectivity index (χ3n) is 7.83. The summed E-state index contributed by atoms with van der Waals surface area (Å²) < 4.78 is 5.48. The van der Waals surface area contributed by atoms with Gasteiger partial charge in [-0.05, 0) is 54.3 Å². The zero-order chi connectivity index (χ0) is 27.2. The Balaban J connectivity index is 1.46. The van der Waals surface area contributed by atoms with Gasteiger partial charge < -0.3 is 19.9 Å². The van der Waals surface area contributed by atoms with Crippen molar-refractivity contribution < 1.29 is 14.3 Å². The van der Waals surface area contributed by atoms with Crippen molar-refractivity contribution in [2.75, 3.05) is 39.8 Å². The van der Waals surface area contributed by atoms with Crippen molar-refractivity contribution in [3.05, 3.63) is 95.3 Å². The molecule has 2 aromatic carbocycles. The van der Waals surface area contributed by atoms with E-state index >= 15 is 0 Å². The van der Waals surface area contributed by atoms with Crippen molar-refractivity contribution in [1.82, 2.24) is 25.0 Å². The second-order valence-electron chi connectivity index (χ2n) is 10.4. The van der Waals surface area contributed by atoms with Crippen LogP contribution in [0, 0.1) is 6.92 Å². The zero-order valence-corrected chi connectivity index (χ0v) is 22.8. The molecule has 0 radical (unpaired) electrons. The van der Waals surface area contributed by atoms with Gasteiger partial charge >= 0.3 is 0 Å². The quantitative estimate of drug-likeness (QED) is 0.485. The standard InChI is InChI=1S/C31H37N5O3/c1-23-7-3-4-9-26(23)21-35(20-24-8-5-11-28(17-24)39-2)27-18-29(31(38)34-15-13-32-14-16-34)36(22-27)30(37)25-10-6-12-33-19-25/h3-12,17,19,27,29,32H,13-16,18,20-22H2,1-2H3. The predicted octanol–water partition coefficient (Wildman–Crippen LogP) is 3.12. The first-order valence-electron chi connectivity index (χ1n) is 13.7. The van der Waals surface area contributed by atoms with Gasteiger partial charge in [-0.3, -0.25) is 19.5 Å². The average molecular weight is 528 g/mol. The number of nitrogens with one attached hydrogen (secondary N) is 1. The van der Waals surface area contributed by atoms with E-state index in [2.05, 4.69) is 58.5 Å². The number of piperazine rings is 1. The number of methoxy groups -OCH3 is 1. The van der Waals surface area contributed by atoms with Crippen LogP contribution in [0.2, 0.25) is 0 Å². The molecule has 2 saturated heterocycles. The van der Waals surface area contributed by atoms with Gasteiger partial charge in [-0.15, -0.1) is 0 Å². The van der Waals surface area contributed by atoms with Gasteiger partial charge in [0.2, 0.25) is 5.91 Å². The maximum absolute atomic E-state index is 13.8. The molecule has 3 aromatic rings. The highest BCUT2D eigenvalue weighted by atomic mass is 16.5. The molecule has 0 saturated carbocycles. The molecule has 8 nitrogen and oxygen atoms in total. The van der Waals surface area contributed by atoms with Gasteiger partial charge in [0.15, 0.2) is 0 Å². The first-order valence-corrected chi connectivity index (χ1v) is 13.7. The summed E-state index contributed by atoms with van der Waals surface area (Å²) in [5.41, 5.74) is 4.10. The monoisotopic (exact) mass is 527 g/mol. The highest BCUT2D eigenvalue weighted by Gasteiger charge is 2.43. The van der Waals surface area contributed by atoms with Crippen molar-refractivity contribution in [2.24, 2.45) is 0 Å². The largest absolute Gasteiger partial charge is 0.497 e. The molecule has 0 spiro atoms. The number of aromatic nitrogens is 1. The van der Waals surface area contributed by atoms with Gasteiger partial charge in [-0.25, -0.2) is 0 Å². The molecule has 5 rings (SSSR count). The van der Waals surface area contributed by atoms with Gasteiger partial charge in [0, 0.05) is 64.2 Å². The Morgan fingerprint density at radius 2 is 1.87 bits per heavy atom. The number of hydrogen-bond donors (Lipinski definition) is 1. The summed E-state index contributed by atoms with van der Waals surface area (Å²) >= 11 is 0. The van der Waals surface area contributed by atoms with Gasteiger partial charge in [-0.2, -0.15) is 0 Å². The highest BCUT2D eigenvalue weighted by Crippen LogP contribution is 2.29. The number of rotatable bonds is 8. The fourth-order valence-electron chi connectivity index (χ4n) is 5.61. The molecule has 1 aromatic heterocycles. The third kappa shape index (κ3) is 6.29. The van der Waals surface area contributed by atoms with Crippen LogP contribution in [-0.2, 0) is 17.9 Å². The molecule has 0 aliphatic carbocycles. The van der Waals surface area contributed by atoms with E-state index in [0.717, 1.165) is 30.9 Å². The van der Waals surface area contributed by atoms with Gasteiger partial charge in [-0.1, -0.05) is 36.4 Å². The number of aryl methyl sites for hydroxylation is 1. The molecule has 0 bridgehead atoms. The van der Waals surface area contributed by atoms with Gasteiger partial charge in [0.1, 0.15) is 11.8 Å². The number of nitrogens with zero attached hydrogens (tertiary/aromatic N) is 4. The topological polar surface area (TPSA) is 78.0 Å². The molecule has 2 amide bonds. The fraction of sp³-hybridized carbons (Fsp3) is 0.387. The van der Waals surface area contributed by atoms with Crippen molar-refractivity contribution >= 4 is 11.8 Å². The summed E-state index contributed by atoms with van der Waals surface area (Å²) in [6, 6.07) is 19.5. The minimum atomic E-state index is -0.509. The van der Waals surface area contributed by atoms with E-state index < -0.39 is 6.04 Å². The Labute approximate surface area is 230 Å².